The predicted molar refractivity (Wildman–Crippen MR) is 69.7 cm³/mol. The number of likely N-dealkylation sites (N-methyl/N-ethyl adjacent to an activating group) is 1. The van der Waals surface area contributed by atoms with Crippen LogP contribution in [0.3, 0.4) is 0 Å². The first-order chi connectivity index (χ1) is 8.56. The molecular formula is C13H20N2O3. The van der Waals surface area contributed by atoms with E-state index in [9.17, 15) is 4.79 Å². The molecule has 0 radical (unpaired) electrons. The van der Waals surface area contributed by atoms with Gasteiger partial charge in [0.15, 0.2) is 6.73 Å². The summed E-state index contributed by atoms with van der Waals surface area (Å²) in [6.45, 7) is 4.34. The summed E-state index contributed by atoms with van der Waals surface area (Å²) in [6, 6.07) is 5.52. The molecule has 0 heterocycles. The van der Waals surface area contributed by atoms with Crippen molar-refractivity contribution in [2.75, 3.05) is 26.9 Å². The van der Waals surface area contributed by atoms with E-state index in [4.69, 9.17) is 9.84 Å². The van der Waals surface area contributed by atoms with Gasteiger partial charge in [-0.3, -0.25) is 0 Å². The molecule has 0 fully saturated rings. The Morgan fingerprint density at radius 2 is 2.17 bits per heavy atom. The molecule has 0 aliphatic rings. The van der Waals surface area contributed by atoms with E-state index in [1.165, 1.54) is 4.90 Å². The van der Waals surface area contributed by atoms with E-state index in [1.54, 1.807) is 7.05 Å². The Bertz CT molecular complexity index is 407. The van der Waals surface area contributed by atoms with Crippen LogP contribution in [0.15, 0.2) is 18.2 Å². The van der Waals surface area contributed by atoms with E-state index in [0.717, 1.165) is 16.9 Å². The van der Waals surface area contributed by atoms with Gasteiger partial charge < -0.3 is 20.1 Å². The number of nitrogens with one attached hydrogen (secondary N) is 1. The van der Waals surface area contributed by atoms with E-state index in [0.29, 0.717) is 6.54 Å². The van der Waals surface area contributed by atoms with Crippen LogP contribution in [0.5, 0.6) is 5.75 Å². The quantitative estimate of drug-likeness (QED) is 0.776. The van der Waals surface area contributed by atoms with Crippen molar-refractivity contribution in [2.24, 2.45) is 0 Å². The fourth-order valence-corrected chi connectivity index (χ4v) is 1.44. The van der Waals surface area contributed by atoms with E-state index in [2.05, 4.69) is 5.32 Å². The Morgan fingerprint density at radius 3 is 2.83 bits per heavy atom. The molecule has 0 aromatic heterocycles. The summed E-state index contributed by atoms with van der Waals surface area (Å²) in [5.74, 6) is 0.764. The van der Waals surface area contributed by atoms with Crippen molar-refractivity contribution in [3.8, 4) is 5.75 Å². The fourth-order valence-electron chi connectivity index (χ4n) is 1.44. The summed E-state index contributed by atoms with van der Waals surface area (Å²) in [5, 5.41) is 11.3. The molecule has 5 heteroatoms. The number of aryl methyl sites for hydroxylation is 1. The molecule has 0 aliphatic heterocycles. The van der Waals surface area contributed by atoms with Crippen molar-refractivity contribution in [1.82, 2.24) is 10.2 Å². The molecule has 100 valence electrons. The minimum absolute atomic E-state index is 0.0538. The molecule has 0 bridgehead atoms. The largest absolute Gasteiger partial charge is 0.473 e. The Kier molecular flexibility index (Phi) is 5.45. The van der Waals surface area contributed by atoms with Crippen molar-refractivity contribution >= 4 is 6.03 Å². The zero-order valence-electron chi connectivity index (χ0n) is 11.1. The van der Waals surface area contributed by atoms with Crippen molar-refractivity contribution < 1.29 is 14.6 Å². The number of urea groups is 1. The third-order valence-electron chi connectivity index (χ3n) is 2.79. The summed E-state index contributed by atoms with van der Waals surface area (Å²) in [5.41, 5.74) is 2.21. The SMILES string of the molecule is Cc1cccc(OCNC(=O)N(C)CCO)c1C. The first-order valence-corrected chi connectivity index (χ1v) is 5.85. The van der Waals surface area contributed by atoms with E-state index in [1.807, 2.05) is 32.0 Å². The summed E-state index contributed by atoms with van der Waals surface area (Å²) in [4.78, 5) is 12.9. The average Bonchev–Trinajstić information content (AvgIpc) is 2.34. The number of aliphatic hydroxyl groups is 1. The topological polar surface area (TPSA) is 61.8 Å². The van der Waals surface area contributed by atoms with Gasteiger partial charge in [-0.15, -0.1) is 0 Å². The molecule has 18 heavy (non-hydrogen) atoms. The molecular weight excluding hydrogens is 232 g/mol. The molecule has 1 rings (SSSR count). The second-order valence-electron chi connectivity index (χ2n) is 4.11. The van der Waals surface area contributed by atoms with Crippen molar-refractivity contribution in [2.45, 2.75) is 13.8 Å². The van der Waals surface area contributed by atoms with Gasteiger partial charge in [-0.1, -0.05) is 12.1 Å². The van der Waals surface area contributed by atoms with E-state index in [-0.39, 0.29) is 19.4 Å². The number of carbonyl (C=O) groups is 1. The van der Waals surface area contributed by atoms with Gasteiger partial charge in [0.2, 0.25) is 0 Å². The zero-order valence-corrected chi connectivity index (χ0v) is 11.1. The molecule has 1 aromatic rings. The molecule has 0 spiro atoms. The first-order valence-electron chi connectivity index (χ1n) is 5.85. The highest BCUT2D eigenvalue weighted by molar-refractivity contribution is 5.73. The van der Waals surface area contributed by atoms with Gasteiger partial charge in [0.05, 0.1) is 6.61 Å². The third-order valence-corrected chi connectivity index (χ3v) is 2.79. The number of amides is 2. The lowest BCUT2D eigenvalue weighted by Crippen LogP contribution is -2.40. The van der Waals surface area contributed by atoms with Crippen LogP contribution < -0.4 is 10.1 Å². The number of ether oxygens (including phenoxy) is 1. The predicted octanol–water partition coefficient (Wildman–Crippen LogP) is 1.27. The minimum atomic E-state index is -0.269. The molecule has 2 N–H and O–H groups in total. The van der Waals surface area contributed by atoms with Crippen LogP contribution in [0.25, 0.3) is 0 Å². The van der Waals surface area contributed by atoms with Gasteiger partial charge in [-0.25, -0.2) is 4.79 Å². The summed E-state index contributed by atoms with van der Waals surface area (Å²) >= 11 is 0. The molecule has 0 saturated heterocycles. The second-order valence-corrected chi connectivity index (χ2v) is 4.11. The normalized spacial score (nSPS) is 10.0. The molecule has 2 amide bonds. The summed E-state index contributed by atoms with van der Waals surface area (Å²) in [6.07, 6.45) is 0. The van der Waals surface area contributed by atoms with Crippen LogP contribution >= 0.6 is 0 Å². The molecule has 0 unspecified atom stereocenters. The standard InChI is InChI=1S/C13H20N2O3/c1-10-5-4-6-12(11(10)2)18-9-14-13(17)15(3)7-8-16/h4-6,16H,7-9H2,1-3H3,(H,14,17). The van der Waals surface area contributed by atoms with Crippen molar-refractivity contribution in [1.29, 1.82) is 0 Å². The first kappa shape index (κ1) is 14.3. The van der Waals surface area contributed by atoms with Crippen LogP contribution in [-0.4, -0.2) is 43.0 Å². The van der Waals surface area contributed by atoms with Crippen LogP contribution in [0.4, 0.5) is 4.79 Å². The minimum Gasteiger partial charge on any atom is -0.473 e. The van der Waals surface area contributed by atoms with Gasteiger partial charge in [-0.2, -0.15) is 0 Å². The average molecular weight is 252 g/mol. The number of hydrogen-bond donors (Lipinski definition) is 2. The highest BCUT2D eigenvalue weighted by atomic mass is 16.5. The third kappa shape index (κ3) is 3.92. The molecule has 5 nitrogen and oxygen atoms in total. The van der Waals surface area contributed by atoms with Gasteiger partial charge in [0.25, 0.3) is 0 Å². The lowest BCUT2D eigenvalue weighted by molar-refractivity contribution is 0.179. The van der Waals surface area contributed by atoms with Gasteiger partial charge in [0.1, 0.15) is 5.75 Å². The number of nitrogens with zero attached hydrogens (tertiary/aromatic N) is 1. The highest BCUT2D eigenvalue weighted by Gasteiger charge is 2.07. The van der Waals surface area contributed by atoms with Gasteiger partial charge in [0, 0.05) is 13.6 Å². The van der Waals surface area contributed by atoms with Crippen LogP contribution in [0.1, 0.15) is 11.1 Å². The Balaban J connectivity index is 2.42. The number of rotatable bonds is 5. The Morgan fingerprint density at radius 1 is 1.44 bits per heavy atom. The molecule has 0 atom stereocenters. The summed E-state index contributed by atoms with van der Waals surface area (Å²) in [7, 11) is 1.61. The zero-order chi connectivity index (χ0) is 13.5. The lowest BCUT2D eigenvalue weighted by Gasteiger charge is -2.17. The second kappa shape index (κ2) is 6.86. The fraction of sp³-hybridized carbons (Fsp3) is 0.462. The van der Waals surface area contributed by atoms with Gasteiger partial charge in [-0.05, 0) is 31.0 Å². The molecule has 0 saturated carbocycles. The van der Waals surface area contributed by atoms with Crippen LogP contribution in [0.2, 0.25) is 0 Å². The maximum absolute atomic E-state index is 11.5. The smallest absolute Gasteiger partial charge is 0.319 e. The number of benzene rings is 1. The number of aliphatic hydroxyl groups excluding tert-OH is 1. The van der Waals surface area contributed by atoms with Crippen molar-refractivity contribution in [3.63, 3.8) is 0 Å². The van der Waals surface area contributed by atoms with Crippen LogP contribution in [-0.2, 0) is 0 Å². The summed E-state index contributed by atoms with van der Waals surface area (Å²) < 4.78 is 5.50. The van der Waals surface area contributed by atoms with E-state index < -0.39 is 0 Å². The highest BCUT2D eigenvalue weighted by Crippen LogP contribution is 2.19. The molecule has 1 aromatic carbocycles. The monoisotopic (exact) mass is 252 g/mol. The number of carbonyl (C=O) groups excluding carboxylic acids is 1. The van der Waals surface area contributed by atoms with Crippen molar-refractivity contribution in [3.05, 3.63) is 29.3 Å². The Labute approximate surface area is 107 Å². The van der Waals surface area contributed by atoms with Crippen LogP contribution in [0, 0.1) is 13.8 Å². The van der Waals surface area contributed by atoms with E-state index >= 15 is 0 Å². The maximum Gasteiger partial charge on any atom is 0.319 e. The molecule has 0 aliphatic carbocycles. The Hall–Kier alpha value is -1.75. The lowest BCUT2D eigenvalue weighted by atomic mass is 10.1. The maximum atomic E-state index is 11.5. The number of hydrogen-bond acceptors (Lipinski definition) is 3. The van der Waals surface area contributed by atoms with Gasteiger partial charge >= 0.3 is 6.03 Å².